The summed E-state index contributed by atoms with van der Waals surface area (Å²) in [6, 6.07) is 5.75. The van der Waals surface area contributed by atoms with Crippen LogP contribution in [0.1, 0.15) is 50.9 Å². The largest absolute Gasteiger partial charge is 0.453 e. The molecule has 1 atom stereocenters. The van der Waals surface area contributed by atoms with Crippen LogP contribution in [0, 0.1) is 5.92 Å². The van der Waals surface area contributed by atoms with E-state index in [9.17, 15) is 22.8 Å². The van der Waals surface area contributed by atoms with Crippen molar-refractivity contribution in [3.8, 4) is 0 Å². The molecule has 4 rings (SSSR count). The van der Waals surface area contributed by atoms with E-state index in [0.29, 0.717) is 37.0 Å². The van der Waals surface area contributed by atoms with Gasteiger partial charge in [0.25, 0.3) is 11.8 Å². The topological polar surface area (TPSA) is 139 Å². The Morgan fingerprint density at radius 2 is 1.89 bits per heavy atom. The highest BCUT2D eigenvalue weighted by atomic mass is 32.2. The maximum Gasteiger partial charge on any atom is 0.409 e. The molecule has 0 aliphatic carbocycles. The Balaban J connectivity index is 1.53. The predicted octanol–water partition coefficient (Wildman–Crippen LogP) is 2.64. The van der Waals surface area contributed by atoms with Crippen molar-refractivity contribution in [1.82, 2.24) is 9.21 Å². The number of rotatable bonds is 5. The number of benzene rings is 1. The van der Waals surface area contributed by atoms with E-state index >= 15 is 0 Å². The number of primary amides is 1. The van der Waals surface area contributed by atoms with Gasteiger partial charge >= 0.3 is 6.09 Å². The molecule has 188 valence electrons. The molecule has 1 aromatic carbocycles. The number of amides is 3. The summed E-state index contributed by atoms with van der Waals surface area (Å²) >= 11 is 1.19. The van der Waals surface area contributed by atoms with Crippen LogP contribution in [0.3, 0.4) is 0 Å². The van der Waals surface area contributed by atoms with Crippen LogP contribution < -0.4 is 11.1 Å². The van der Waals surface area contributed by atoms with E-state index in [4.69, 9.17) is 10.5 Å². The van der Waals surface area contributed by atoms with Crippen molar-refractivity contribution in [2.45, 2.75) is 37.6 Å². The zero-order chi connectivity index (χ0) is 25.3. The van der Waals surface area contributed by atoms with Crippen LogP contribution in [0.5, 0.6) is 0 Å². The summed E-state index contributed by atoms with van der Waals surface area (Å²) in [7, 11) is -2.33. The highest BCUT2D eigenvalue weighted by Crippen LogP contribution is 2.37. The zero-order valence-electron chi connectivity index (χ0n) is 19.6. The molecule has 1 unspecified atom stereocenters. The van der Waals surface area contributed by atoms with Gasteiger partial charge in [0.2, 0.25) is 10.0 Å². The number of carbonyl (C=O) groups is 3. The number of fused-ring (bicyclic) bond motifs is 1. The number of thiophene rings is 1. The maximum absolute atomic E-state index is 13.0. The second-order valence-corrected chi connectivity index (χ2v) is 11.8. The van der Waals surface area contributed by atoms with Crippen LogP contribution in [0.4, 0.5) is 9.80 Å². The van der Waals surface area contributed by atoms with E-state index in [2.05, 4.69) is 5.32 Å². The molecule has 0 saturated carbocycles. The van der Waals surface area contributed by atoms with E-state index in [-0.39, 0.29) is 22.6 Å². The van der Waals surface area contributed by atoms with Gasteiger partial charge in [0, 0.05) is 30.1 Å². The van der Waals surface area contributed by atoms with Crippen molar-refractivity contribution >= 4 is 44.3 Å². The summed E-state index contributed by atoms with van der Waals surface area (Å²) in [6.45, 7) is 3.63. The molecule has 2 aromatic rings. The number of methoxy groups -OCH3 is 1. The van der Waals surface area contributed by atoms with Gasteiger partial charge in [0.1, 0.15) is 5.00 Å². The van der Waals surface area contributed by atoms with Gasteiger partial charge in [-0.2, -0.15) is 4.31 Å². The van der Waals surface area contributed by atoms with Crippen molar-refractivity contribution in [3.63, 3.8) is 0 Å². The summed E-state index contributed by atoms with van der Waals surface area (Å²) in [5, 5.41) is 3.04. The fourth-order valence-electron chi connectivity index (χ4n) is 4.50. The van der Waals surface area contributed by atoms with Gasteiger partial charge in [-0.05, 0) is 55.0 Å². The Hall–Kier alpha value is -2.96. The monoisotopic (exact) mass is 520 g/mol. The van der Waals surface area contributed by atoms with Crippen LogP contribution in [0.15, 0.2) is 29.2 Å². The standard InChI is InChI=1S/C23H28N4O6S2/c1-14-4-3-10-27(12-14)35(31,32)16-7-5-15(6-8-16)21(29)25-22-19(20(24)28)17-9-11-26(23(30)33-2)13-18(17)34-22/h5-8,14H,3-4,9-13H2,1-2H3,(H2,24,28)(H,25,29). The number of hydrogen-bond donors (Lipinski definition) is 2. The first kappa shape index (κ1) is 25.1. The minimum atomic E-state index is -3.63. The number of anilines is 1. The maximum atomic E-state index is 13.0. The van der Waals surface area contributed by atoms with Crippen molar-refractivity contribution in [2.75, 3.05) is 32.1 Å². The van der Waals surface area contributed by atoms with Gasteiger partial charge in [-0.3, -0.25) is 9.59 Å². The van der Waals surface area contributed by atoms with Crippen LogP contribution in [-0.2, 0) is 27.7 Å². The highest BCUT2D eigenvalue weighted by molar-refractivity contribution is 7.89. The molecular weight excluding hydrogens is 492 g/mol. The Bertz CT molecular complexity index is 1260. The fraction of sp³-hybridized carbons (Fsp3) is 0.435. The molecule has 35 heavy (non-hydrogen) atoms. The molecule has 1 saturated heterocycles. The first-order valence-corrected chi connectivity index (χ1v) is 13.6. The molecule has 2 aliphatic heterocycles. The molecule has 10 nitrogen and oxygen atoms in total. The molecule has 0 radical (unpaired) electrons. The first-order chi connectivity index (χ1) is 16.6. The van der Waals surface area contributed by atoms with Gasteiger partial charge in [0.15, 0.2) is 0 Å². The van der Waals surface area contributed by atoms with Crippen molar-refractivity contribution in [1.29, 1.82) is 0 Å². The second kappa shape index (κ2) is 9.96. The molecule has 3 N–H and O–H groups in total. The van der Waals surface area contributed by atoms with Crippen molar-refractivity contribution < 1.29 is 27.5 Å². The lowest BCUT2D eigenvalue weighted by Gasteiger charge is -2.30. The summed E-state index contributed by atoms with van der Waals surface area (Å²) < 4.78 is 32.2. The van der Waals surface area contributed by atoms with Gasteiger partial charge in [-0.1, -0.05) is 6.92 Å². The Morgan fingerprint density at radius 1 is 1.17 bits per heavy atom. The number of sulfonamides is 1. The number of hydrogen-bond acceptors (Lipinski definition) is 7. The van der Waals surface area contributed by atoms with E-state index in [1.165, 1.54) is 51.9 Å². The van der Waals surface area contributed by atoms with Crippen LogP contribution in [-0.4, -0.2) is 62.3 Å². The van der Waals surface area contributed by atoms with E-state index < -0.39 is 27.9 Å². The van der Waals surface area contributed by atoms with Gasteiger partial charge in [0.05, 0.1) is 24.1 Å². The molecule has 3 amide bonds. The van der Waals surface area contributed by atoms with Crippen molar-refractivity contribution in [3.05, 3.63) is 45.8 Å². The SMILES string of the molecule is COC(=O)N1CCc2c(sc(NC(=O)c3ccc(S(=O)(=O)N4CCCC(C)C4)cc3)c2C(N)=O)C1. The van der Waals surface area contributed by atoms with E-state index in [0.717, 1.165) is 23.3 Å². The third-order valence-corrected chi connectivity index (χ3v) is 9.35. The Labute approximate surface area is 208 Å². The normalized spacial score (nSPS) is 18.6. The van der Waals surface area contributed by atoms with Crippen LogP contribution in [0.2, 0.25) is 0 Å². The lowest BCUT2D eigenvalue weighted by Crippen LogP contribution is -2.39. The fourth-order valence-corrected chi connectivity index (χ4v) is 7.37. The third-order valence-electron chi connectivity index (χ3n) is 6.34. The third kappa shape index (κ3) is 5.04. The Morgan fingerprint density at radius 3 is 2.51 bits per heavy atom. The quantitative estimate of drug-likeness (QED) is 0.621. The first-order valence-electron chi connectivity index (χ1n) is 11.3. The smallest absolute Gasteiger partial charge is 0.409 e. The minimum absolute atomic E-state index is 0.135. The molecule has 3 heterocycles. The van der Waals surface area contributed by atoms with Gasteiger partial charge in [-0.15, -0.1) is 11.3 Å². The predicted molar refractivity (Wildman–Crippen MR) is 131 cm³/mol. The van der Waals surface area contributed by atoms with E-state index in [1.807, 2.05) is 6.92 Å². The lowest BCUT2D eigenvalue weighted by molar-refractivity contribution is 0.0999. The minimum Gasteiger partial charge on any atom is -0.453 e. The number of ether oxygens (including phenoxy) is 1. The molecule has 12 heteroatoms. The Kier molecular flexibility index (Phi) is 7.15. The van der Waals surface area contributed by atoms with Crippen molar-refractivity contribution in [2.24, 2.45) is 11.7 Å². The number of nitrogens with two attached hydrogens (primary N) is 1. The molecule has 2 aliphatic rings. The molecule has 0 spiro atoms. The second-order valence-electron chi connectivity index (χ2n) is 8.80. The highest BCUT2D eigenvalue weighted by Gasteiger charge is 2.31. The van der Waals surface area contributed by atoms with Gasteiger partial charge < -0.3 is 20.7 Å². The summed E-state index contributed by atoms with van der Waals surface area (Å²) in [4.78, 5) is 39.4. The number of nitrogens with one attached hydrogen (secondary N) is 1. The lowest BCUT2D eigenvalue weighted by atomic mass is 10.0. The van der Waals surface area contributed by atoms with Gasteiger partial charge in [-0.25, -0.2) is 13.2 Å². The summed E-state index contributed by atoms with van der Waals surface area (Å²) in [5.41, 5.74) is 6.81. The molecule has 1 fully saturated rings. The zero-order valence-corrected chi connectivity index (χ0v) is 21.2. The van der Waals surface area contributed by atoms with Crippen LogP contribution in [0.25, 0.3) is 0 Å². The summed E-state index contributed by atoms with van der Waals surface area (Å²) in [5.74, 6) is -0.854. The van der Waals surface area contributed by atoms with E-state index in [1.54, 1.807) is 0 Å². The molecule has 1 aromatic heterocycles. The number of piperidine rings is 1. The molecule has 0 bridgehead atoms. The summed E-state index contributed by atoms with van der Waals surface area (Å²) in [6.07, 6.45) is 1.78. The average Bonchev–Trinajstić information content (AvgIpc) is 3.20. The molecular formula is C23H28N4O6S2. The number of nitrogens with zero attached hydrogens (tertiary/aromatic N) is 2. The number of carbonyl (C=O) groups excluding carboxylic acids is 3. The average molecular weight is 521 g/mol. The van der Waals surface area contributed by atoms with Crippen LogP contribution >= 0.6 is 11.3 Å².